The van der Waals surface area contributed by atoms with Crippen molar-refractivity contribution >= 4 is 27.4 Å². The van der Waals surface area contributed by atoms with Gasteiger partial charge in [0.2, 0.25) is 0 Å². The van der Waals surface area contributed by atoms with Crippen molar-refractivity contribution in [1.82, 2.24) is 14.9 Å². The third-order valence-corrected chi connectivity index (χ3v) is 5.01. The summed E-state index contributed by atoms with van der Waals surface area (Å²) in [4.78, 5) is 13.9. The number of nitrogens with one attached hydrogen (secondary N) is 1. The lowest BCUT2D eigenvalue weighted by Crippen LogP contribution is -2.30. The van der Waals surface area contributed by atoms with Crippen molar-refractivity contribution in [2.75, 3.05) is 31.6 Å². The van der Waals surface area contributed by atoms with Crippen LogP contribution in [0, 0.1) is 0 Å². The van der Waals surface area contributed by atoms with Crippen molar-refractivity contribution < 1.29 is 5.11 Å². The Balaban J connectivity index is 1.90. The zero-order chi connectivity index (χ0) is 14.7. The molecule has 21 heavy (non-hydrogen) atoms. The van der Waals surface area contributed by atoms with Crippen LogP contribution in [0.25, 0.3) is 10.2 Å². The second-order valence-corrected chi connectivity index (χ2v) is 6.52. The molecule has 1 aliphatic heterocycles. The highest BCUT2D eigenvalue weighted by Gasteiger charge is 2.23. The van der Waals surface area contributed by atoms with Crippen LogP contribution in [0.3, 0.4) is 0 Å². The van der Waals surface area contributed by atoms with E-state index in [4.69, 9.17) is 5.11 Å². The van der Waals surface area contributed by atoms with E-state index >= 15 is 0 Å². The standard InChI is InChI=1S/C15H22N4OS/c1-2-6-19-7-4-11-12(9-19)21-15-13(11)14(17-10-18-15)16-5-3-8-20/h10,20H,2-9H2,1H3,(H,16,17,18). The van der Waals surface area contributed by atoms with Crippen LogP contribution in [-0.2, 0) is 13.0 Å². The smallest absolute Gasteiger partial charge is 0.138 e. The molecule has 0 unspecified atom stereocenters. The molecule has 2 aromatic rings. The molecule has 114 valence electrons. The molecule has 0 aromatic carbocycles. The van der Waals surface area contributed by atoms with E-state index in [1.807, 2.05) is 0 Å². The van der Waals surface area contributed by atoms with Gasteiger partial charge in [0.1, 0.15) is 17.0 Å². The molecule has 0 atom stereocenters. The Morgan fingerprint density at radius 1 is 1.43 bits per heavy atom. The molecule has 1 aliphatic rings. The molecule has 2 N–H and O–H groups in total. The first kappa shape index (κ1) is 14.7. The Morgan fingerprint density at radius 3 is 3.14 bits per heavy atom. The highest BCUT2D eigenvalue weighted by molar-refractivity contribution is 7.18. The number of anilines is 1. The summed E-state index contributed by atoms with van der Waals surface area (Å²) in [5.74, 6) is 0.926. The molecule has 0 spiro atoms. The number of fused-ring (bicyclic) bond motifs is 3. The Kier molecular flexibility index (Phi) is 4.67. The highest BCUT2D eigenvalue weighted by Crippen LogP contribution is 2.37. The number of nitrogens with zero attached hydrogens (tertiary/aromatic N) is 3. The first-order chi connectivity index (χ1) is 10.3. The van der Waals surface area contributed by atoms with Gasteiger partial charge in [-0.3, -0.25) is 4.90 Å². The molecule has 2 aromatic heterocycles. The Hall–Kier alpha value is -1.24. The Labute approximate surface area is 129 Å². The average molecular weight is 306 g/mol. The van der Waals surface area contributed by atoms with Crippen molar-refractivity contribution in [1.29, 1.82) is 0 Å². The van der Waals surface area contributed by atoms with Crippen LogP contribution in [0.4, 0.5) is 5.82 Å². The molecule has 0 fully saturated rings. The third kappa shape index (κ3) is 3.02. The predicted octanol–water partition coefficient (Wildman–Crippen LogP) is 2.25. The molecule has 5 nitrogen and oxygen atoms in total. The summed E-state index contributed by atoms with van der Waals surface area (Å²) >= 11 is 1.80. The molecular formula is C15H22N4OS. The number of aromatic nitrogens is 2. The number of hydrogen-bond donors (Lipinski definition) is 2. The van der Waals surface area contributed by atoms with E-state index in [-0.39, 0.29) is 6.61 Å². The largest absolute Gasteiger partial charge is 0.396 e. The van der Waals surface area contributed by atoms with Gasteiger partial charge >= 0.3 is 0 Å². The van der Waals surface area contributed by atoms with E-state index in [0.717, 1.165) is 43.1 Å². The van der Waals surface area contributed by atoms with E-state index in [2.05, 4.69) is 27.1 Å². The molecule has 0 saturated carbocycles. The lowest BCUT2D eigenvalue weighted by atomic mass is 10.0. The third-order valence-electron chi connectivity index (χ3n) is 3.88. The fraction of sp³-hybridized carbons (Fsp3) is 0.600. The molecule has 3 heterocycles. The summed E-state index contributed by atoms with van der Waals surface area (Å²) in [6, 6.07) is 0. The summed E-state index contributed by atoms with van der Waals surface area (Å²) < 4.78 is 0. The molecule has 3 rings (SSSR count). The van der Waals surface area contributed by atoms with Gasteiger partial charge in [-0.1, -0.05) is 6.92 Å². The van der Waals surface area contributed by atoms with Gasteiger partial charge in [0.15, 0.2) is 0 Å². The first-order valence-electron chi connectivity index (χ1n) is 7.65. The van der Waals surface area contributed by atoms with Gasteiger partial charge in [0.25, 0.3) is 0 Å². The fourth-order valence-corrected chi connectivity index (χ4v) is 4.14. The number of hydrogen-bond acceptors (Lipinski definition) is 6. The summed E-state index contributed by atoms with van der Waals surface area (Å²) in [6.07, 6.45) is 4.66. The first-order valence-corrected chi connectivity index (χ1v) is 8.47. The van der Waals surface area contributed by atoms with Gasteiger partial charge in [0.05, 0.1) is 5.39 Å². The van der Waals surface area contributed by atoms with Crippen LogP contribution in [-0.4, -0.2) is 46.2 Å². The SMILES string of the molecule is CCCN1CCc2c(sc3ncnc(NCCCO)c23)C1. The number of aliphatic hydroxyl groups excluding tert-OH is 1. The molecule has 0 saturated heterocycles. The van der Waals surface area contributed by atoms with Crippen LogP contribution in [0.15, 0.2) is 6.33 Å². The quantitative estimate of drug-likeness (QED) is 0.802. The molecular weight excluding hydrogens is 284 g/mol. The molecule has 0 aliphatic carbocycles. The lowest BCUT2D eigenvalue weighted by molar-refractivity contribution is 0.258. The maximum absolute atomic E-state index is 8.91. The normalized spacial score (nSPS) is 15.3. The minimum Gasteiger partial charge on any atom is -0.396 e. The lowest BCUT2D eigenvalue weighted by Gasteiger charge is -2.26. The van der Waals surface area contributed by atoms with E-state index in [0.29, 0.717) is 0 Å². The topological polar surface area (TPSA) is 61.3 Å². The molecule has 0 amide bonds. The van der Waals surface area contributed by atoms with Crippen molar-refractivity contribution in [3.05, 3.63) is 16.8 Å². The van der Waals surface area contributed by atoms with Crippen molar-refractivity contribution in [2.24, 2.45) is 0 Å². The zero-order valence-electron chi connectivity index (χ0n) is 12.4. The molecule has 0 radical (unpaired) electrons. The van der Waals surface area contributed by atoms with Crippen LogP contribution in [0.1, 0.15) is 30.2 Å². The van der Waals surface area contributed by atoms with Gasteiger partial charge in [-0.2, -0.15) is 0 Å². The van der Waals surface area contributed by atoms with Crippen LogP contribution < -0.4 is 5.32 Å². The van der Waals surface area contributed by atoms with E-state index in [1.165, 1.54) is 28.8 Å². The summed E-state index contributed by atoms with van der Waals surface area (Å²) in [6.45, 7) is 6.51. The van der Waals surface area contributed by atoms with Gasteiger partial charge in [0, 0.05) is 31.1 Å². The zero-order valence-corrected chi connectivity index (χ0v) is 13.2. The maximum atomic E-state index is 8.91. The van der Waals surface area contributed by atoms with Gasteiger partial charge in [-0.15, -0.1) is 11.3 Å². The monoisotopic (exact) mass is 306 g/mol. The fourth-order valence-electron chi connectivity index (χ4n) is 2.91. The van der Waals surface area contributed by atoms with E-state index in [1.54, 1.807) is 17.7 Å². The summed E-state index contributed by atoms with van der Waals surface area (Å²) in [5, 5.41) is 13.5. The number of rotatable bonds is 6. The van der Waals surface area contributed by atoms with E-state index < -0.39 is 0 Å². The highest BCUT2D eigenvalue weighted by atomic mass is 32.1. The van der Waals surface area contributed by atoms with Crippen LogP contribution >= 0.6 is 11.3 Å². The van der Waals surface area contributed by atoms with Crippen molar-refractivity contribution in [2.45, 2.75) is 32.7 Å². The molecule has 0 bridgehead atoms. The van der Waals surface area contributed by atoms with Gasteiger partial charge in [-0.25, -0.2) is 9.97 Å². The van der Waals surface area contributed by atoms with Gasteiger partial charge in [-0.05, 0) is 31.4 Å². The average Bonchev–Trinajstić information content (AvgIpc) is 2.86. The van der Waals surface area contributed by atoms with Crippen LogP contribution in [0.2, 0.25) is 0 Å². The Morgan fingerprint density at radius 2 is 2.33 bits per heavy atom. The minimum atomic E-state index is 0.203. The second-order valence-electron chi connectivity index (χ2n) is 5.44. The maximum Gasteiger partial charge on any atom is 0.138 e. The van der Waals surface area contributed by atoms with E-state index in [9.17, 15) is 0 Å². The van der Waals surface area contributed by atoms with Crippen LogP contribution in [0.5, 0.6) is 0 Å². The summed E-state index contributed by atoms with van der Waals surface area (Å²) in [7, 11) is 0. The summed E-state index contributed by atoms with van der Waals surface area (Å²) in [5.41, 5.74) is 1.43. The minimum absolute atomic E-state index is 0.203. The second kappa shape index (κ2) is 6.68. The number of thiophene rings is 1. The predicted molar refractivity (Wildman–Crippen MR) is 86.9 cm³/mol. The number of aliphatic hydroxyl groups is 1. The van der Waals surface area contributed by atoms with Gasteiger partial charge < -0.3 is 10.4 Å². The van der Waals surface area contributed by atoms with Crippen molar-refractivity contribution in [3.8, 4) is 0 Å². The van der Waals surface area contributed by atoms with Crippen molar-refractivity contribution in [3.63, 3.8) is 0 Å². The Bertz CT molecular complexity index is 613. The molecule has 6 heteroatoms.